The fourth-order valence-electron chi connectivity index (χ4n) is 0.522. The highest BCUT2D eigenvalue weighted by atomic mass is 16.1. The van der Waals surface area contributed by atoms with Crippen LogP contribution in [0.3, 0.4) is 0 Å². The lowest BCUT2D eigenvalue weighted by molar-refractivity contribution is -0.104. The van der Waals surface area contributed by atoms with Crippen molar-refractivity contribution in [2.75, 3.05) is 0 Å². The molecule has 0 saturated carbocycles. The Morgan fingerprint density at radius 1 is 1.45 bits per heavy atom. The van der Waals surface area contributed by atoms with E-state index in [1.54, 1.807) is 0 Å². The summed E-state index contributed by atoms with van der Waals surface area (Å²) in [5.74, 6) is 5.80. The van der Waals surface area contributed by atoms with Crippen LogP contribution in [0.4, 0.5) is 0 Å². The van der Waals surface area contributed by atoms with E-state index in [0.717, 1.165) is 19.1 Å². The molecule has 0 saturated heterocycles. The van der Waals surface area contributed by atoms with Crippen molar-refractivity contribution in [2.45, 2.75) is 19.8 Å². The number of hydrogen-bond acceptors (Lipinski definition) is 1. The minimum absolute atomic E-state index is 0.777. The summed E-state index contributed by atoms with van der Waals surface area (Å²) in [5, 5.41) is 0. The van der Waals surface area contributed by atoms with Crippen LogP contribution in [0.2, 0.25) is 0 Å². The number of allylic oxidation sites excluding steroid dienone is 4. The zero-order valence-corrected chi connectivity index (χ0v) is 6.71. The van der Waals surface area contributed by atoms with Crippen molar-refractivity contribution in [1.29, 1.82) is 0 Å². The van der Waals surface area contributed by atoms with E-state index in [2.05, 4.69) is 11.8 Å². The van der Waals surface area contributed by atoms with E-state index in [1.807, 2.05) is 25.2 Å². The third-order valence-corrected chi connectivity index (χ3v) is 1.00. The van der Waals surface area contributed by atoms with Crippen molar-refractivity contribution in [3.05, 3.63) is 24.3 Å². The Bertz CT molecular complexity index is 201. The smallest absolute Gasteiger partial charge is 0.142 e. The molecule has 0 unspecified atom stereocenters. The summed E-state index contributed by atoms with van der Waals surface area (Å²) in [6.07, 6.45) is 9.46. The summed E-state index contributed by atoms with van der Waals surface area (Å²) in [5.41, 5.74) is 0. The molecule has 58 valence electrons. The van der Waals surface area contributed by atoms with E-state index in [9.17, 15) is 4.79 Å². The highest BCUT2D eigenvalue weighted by Crippen LogP contribution is 1.86. The van der Waals surface area contributed by atoms with Crippen molar-refractivity contribution in [2.24, 2.45) is 0 Å². The molecule has 0 aliphatic carbocycles. The number of aldehydes is 1. The van der Waals surface area contributed by atoms with E-state index in [0.29, 0.717) is 0 Å². The normalized spacial score (nSPS) is 9.91. The van der Waals surface area contributed by atoms with Crippen LogP contribution in [0.1, 0.15) is 19.8 Å². The Morgan fingerprint density at radius 2 is 2.27 bits per heavy atom. The second kappa shape index (κ2) is 8.71. The molecule has 0 aliphatic rings. The molecule has 0 heterocycles. The van der Waals surface area contributed by atoms with Crippen molar-refractivity contribution >= 4 is 6.29 Å². The van der Waals surface area contributed by atoms with Gasteiger partial charge in [-0.05, 0) is 25.5 Å². The highest BCUT2D eigenvalue weighted by molar-refractivity contribution is 5.64. The van der Waals surface area contributed by atoms with Gasteiger partial charge in [-0.25, -0.2) is 0 Å². The average Bonchev–Trinajstić information content (AvgIpc) is 2.03. The predicted molar refractivity (Wildman–Crippen MR) is 47.0 cm³/mol. The Labute approximate surface area is 67.8 Å². The Kier molecular flexibility index (Phi) is 7.69. The molecule has 1 nitrogen and oxygen atoms in total. The van der Waals surface area contributed by atoms with Crippen LogP contribution in [0.5, 0.6) is 0 Å². The predicted octanol–water partition coefficient (Wildman–Crippen LogP) is 2.10. The maximum Gasteiger partial charge on any atom is 0.142 e. The van der Waals surface area contributed by atoms with Crippen LogP contribution in [0, 0.1) is 11.8 Å². The summed E-state index contributed by atoms with van der Waals surface area (Å²) in [7, 11) is 0. The van der Waals surface area contributed by atoms with Crippen molar-refractivity contribution in [3.8, 4) is 11.8 Å². The van der Waals surface area contributed by atoms with Gasteiger partial charge in [0.25, 0.3) is 0 Å². The lowest BCUT2D eigenvalue weighted by Gasteiger charge is -1.78. The summed E-state index contributed by atoms with van der Waals surface area (Å²) >= 11 is 0. The van der Waals surface area contributed by atoms with E-state index in [-0.39, 0.29) is 0 Å². The number of carbonyl (C=O) groups is 1. The number of hydrogen-bond donors (Lipinski definition) is 0. The lowest BCUT2D eigenvalue weighted by Crippen LogP contribution is -1.65. The molecule has 0 aromatic rings. The van der Waals surface area contributed by atoms with E-state index in [4.69, 9.17) is 0 Å². The molecule has 0 fully saturated rings. The lowest BCUT2D eigenvalue weighted by atomic mass is 10.3. The van der Waals surface area contributed by atoms with Gasteiger partial charge in [-0.3, -0.25) is 4.79 Å². The van der Waals surface area contributed by atoms with Crippen molar-refractivity contribution < 1.29 is 4.79 Å². The van der Waals surface area contributed by atoms with Gasteiger partial charge in [0.15, 0.2) is 0 Å². The second-order valence-electron chi connectivity index (χ2n) is 1.92. The fraction of sp³-hybridized carbons (Fsp3) is 0.300. The van der Waals surface area contributed by atoms with Gasteiger partial charge in [-0.15, -0.1) is 0 Å². The minimum Gasteiger partial charge on any atom is -0.299 e. The van der Waals surface area contributed by atoms with Gasteiger partial charge >= 0.3 is 0 Å². The van der Waals surface area contributed by atoms with Crippen LogP contribution in [-0.2, 0) is 4.79 Å². The first-order valence-corrected chi connectivity index (χ1v) is 3.61. The molecule has 11 heavy (non-hydrogen) atoms. The molecule has 0 bridgehead atoms. The van der Waals surface area contributed by atoms with E-state index < -0.39 is 0 Å². The average molecular weight is 148 g/mol. The summed E-state index contributed by atoms with van der Waals surface area (Å²) in [6.45, 7) is 1.93. The minimum atomic E-state index is 0.777. The van der Waals surface area contributed by atoms with Gasteiger partial charge in [0, 0.05) is 6.42 Å². The summed E-state index contributed by atoms with van der Waals surface area (Å²) in [6, 6.07) is 0. The molecule has 0 N–H and O–H groups in total. The SMILES string of the molecule is C/C=C\C#CCC/C=C\C=O. The van der Waals surface area contributed by atoms with Gasteiger partial charge < -0.3 is 0 Å². The monoisotopic (exact) mass is 148 g/mol. The summed E-state index contributed by atoms with van der Waals surface area (Å²) in [4.78, 5) is 9.81. The van der Waals surface area contributed by atoms with Gasteiger partial charge in [0.2, 0.25) is 0 Å². The molecule has 0 radical (unpaired) electrons. The maximum absolute atomic E-state index is 9.81. The van der Waals surface area contributed by atoms with Crippen molar-refractivity contribution in [3.63, 3.8) is 0 Å². The largest absolute Gasteiger partial charge is 0.299 e. The molecule has 0 spiro atoms. The van der Waals surface area contributed by atoms with Crippen LogP contribution >= 0.6 is 0 Å². The first kappa shape index (κ1) is 9.71. The highest BCUT2D eigenvalue weighted by Gasteiger charge is 1.72. The zero-order valence-electron chi connectivity index (χ0n) is 6.71. The molecule has 0 aromatic carbocycles. The topological polar surface area (TPSA) is 17.1 Å². The van der Waals surface area contributed by atoms with Crippen LogP contribution < -0.4 is 0 Å². The van der Waals surface area contributed by atoms with E-state index >= 15 is 0 Å². The van der Waals surface area contributed by atoms with Gasteiger partial charge in [-0.2, -0.15) is 0 Å². The molecule has 0 atom stereocenters. The molecule has 0 aromatic heterocycles. The second-order valence-corrected chi connectivity index (χ2v) is 1.92. The maximum atomic E-state index is 9.81. The third kappa shape index (κ3) is 8.71. The third-order valence-electron chi connectivity index (χ3n) is 1.00. The van der Waals surface area contributed by atoms with Crippen molar-refractivity contribution in [1.82, 2.24) is 0 Å². The first-order valence-electron chi connectivity index (χ1n) is 3.61. The van der Waals surface area contributed by atoms with Crippen LogP contribution in [-0.4, -0.2) is 6.29 Å². The van der Waals surface area contributed by atoms with Crippen LogP contribution in [0.15, 0.2) is 24.3 Å². The number of carbonyl (C=O) groups excluding carboxylic acids is 1. The van der Waals surface area contributed by atoms with Gasteiger partial charge in [0.1, 0.15) is 6.29 Å². The van der Waals surface area contributed by atoms with Gasteiger partial charge in [0.05, 0.1) is 0 Å². The zero-order chi connectivity index (χ0) is 8.36. The Hall–Kier alpha value is -1.29. The quantitative estimate of drug-likeness (QED) is 0.259. The molecule has 0 amide bonds. The first-order chi connectivity index (χ1) is 5.41. The standard InChI is InChI=1S/C10H12O/c1-2-3-4-5-6-7-8-9-10-11/h2-3,8-10H,6-7H2,1H3/b3-2-,9-8-. The molecule has 1 heteroatoms. The Morgan fingerprint density at radius 3 is 2.91 bits per heavy atom. The Balaban J connectivity index is 3.35. The molecule has 0 rings (SSSR count). The van der Waals surface area contributed by atoms with E-state index in [1.165, 1.54) is 6.08 Å². The molecular formula is C10H12O. The molecule has 0 aliphatic heterocycles. The molecular weight excluding hydrogens is 136 g/mol. The fourth-order valence-corrected chi connectivity index (χ4v) is 0.522. The number of rotatable bonds is 3. The number of unbranched alkanes of at least 4 members (excludes halogenated alkanes) is 1. The van der Waals surface area contributed by atoms with Gasteiger partial charge in [-0.1, -0.05) is 24.0 Å². The summed E-state index contributed by atoms with van der Waals surface area (Å²) < 4.78 is 0. The van der Waals surface area contributed by atoms with Crippen LogP contribution in [0.25, 0.3) is 0 Å².